The van der Waals surface area contributed by atoms with E-state index in [2.05, 4.69) is 42.4 Å². The van der Waals surface area contributed by atoms with E-state index in [0.29, 0.717) is 5.56 Å². The Hall–Kier alpha value is -2.34. The van der Waals surface area contributed by atoms with Gasteiger partial charge < -0.3 is 5.32 Å². The van der Waals surface area contributed by atoms with Crippen LogP contribution in [0.4, 0.5) is 5.69 Å². The van der Waals surface area contributed by atoms with Crippen LogP contribution in [0.15, 0.2) is 48.8 Å². The summed E-state index contributed by atoms with van der Waals surface area (Å²) in [5, 5.41) is 12.4. The fraction of sp³-hybridized carbons (Fsp3) is 0.250. The van der Waals surface area contributed by atoms with Gasteiger partial charge in [-0.1, -0.05) is 44.2 Å². The van der Waals surface area contributed by atoms with E-state index in [9.17, 15) is 0 Å². The summed E-state index contributed by atoms with van der Waals surface area (Å²) in [6, 6.07) is 14.2. The molecular weight excluding hydrogens is 234 g/mol. The molecule has 2 aromatic rings. The third kappa shape index (κ3) is 3.11. The number of hydrogen-bond acceptors (Lipinski definition) is 3. The van der Waals surface area contributed by atoms with Crippen molar-refractivity contribution in [2.45, 2.75) is 19.3 Å². The van der Waals surface area contributed by atoms with Crippen LogP contribution in [0.2, 0.25) is 0 Å². The average molecular weight is 251 g/mol. The lowest BCUT2D eigenvalue weighted by Gasteiger charge is -2.26. The topological polar surface area (TPSA) is 48.7 Å². The number of nitriles is 1. The Morgan fingerprint density at radius 1 is 1.21 bits per heavy atom. The van der Waals surface area contributed by atoms with E-state index >= 15 is 0 Å². The van der Waals surface area contributed by atoms with Gasteiger partial charge in [-0.2, -0.15) is 5.26 Å². The van der Waals surface area contributed by atoms with Crippen molar-refractivity contribution in [1.82, 2.24) is 4.98 Å². The smallest absolute Gasteiger partial charge is 0.101 e. The van der Waals surface area contributed by atoms with Gasteiger partial charge in [0.25, 0.3) is 0 Å². The van der Waals surface area contributed by atoms with Crippen LogP contribution in [0.1, 0.15) is 25.0 Å². The highest BCUT2D eigenvalue weighted by atomic mass is 14.9. The van der Waals surface area contributed by atoms with E-state index in [4.69, 9.17) is 5.26 Å². The predicted octanol–water partition coefficient (Wildman–Crippen LogP) is 3.34. The zero-order valence-corrected chi connectivity index (χ0v) is 11.2. The number of nitrogens with one attached hydrogen (secondary N) is 1. The lowest BCUT2D eigenvalue weighted by atomic mass is 9.84. The highest BCUT2D eigenvalue weighted by molar-refractivity contribution is 5.55. The molecular formula is C16H17N3. The Kier molecular flexibility index (Phi) is 3.82. The maximum atomic E-state index is 9.05. The molecule has 1 N–H and O–H groups in total. The number of pyridine rings is 1. The first-order valence-electron chi connectivity index (χ1n) is 6.27. The monoisotopic (exact) mass is 251 g/mol. The summed E-state index contributed by atoms with van der Waals surface area (Å²) in [6.07, 6.45) is 3.33. The summed E-state index contributed by atoms with van der Waals surface area (Å²) < 4.78 is 0. The van der Waals surface area contributed by atoms with Gasteiger partial charge in [-0.15, -0.1) is 0 Å². The molecule has 0 atom stereocenters. The Balaban J connectivity index is 2.12. The molecule has 3 heteroatoms. The molecule has 3 nitrogen and oxygen atoms in total. The molecule has 0 bridgehead atoms. The SMILES string of the molecule is CC(C)(CNc1cnccc1C#N)c1ccccc1. The van der Waals surface area contributed by atoms with Gasteiger partial charge in [0.05, 0.1) is 17.4 Å². The quantitative estimate of drug-likeness (QED) is 0.906. The largest absolute Gasteiger partial charge is 0.382 e. The molecule has 0 aliphatic carbocycles. The number of nitrogens with zero attached hydrogens (tertiary/aromatic N) is 2. The Bertz CT molecular complexity index is 582. The van der Waals surface area contributed by atoms with E-state index < -0.39 is 0 Å². The Labute approximate surface area is 113 Å². The van der Waals surface area contributed by atoms with Crippen molar-refractivity contribution in [3.05, 3.63) is 59.9 Å². The molecule has 0 spiro atoms. The molecule has 2 rings (SSSR count). The van der Waals surface area contributed by atoms with E-state index in [0.717, 1.165) is 12.2 Å². The highest BCUT2D eigenvalue weighted by Gasteiger charge is 2.20. The summed E-state index contributed by atoms with van der Waals surface area (Å²) in [6.45, 7) is 5.10. The van der Waals surface area contributed by atoms with Crippen molar-refractivity contribution in [2.75, 3.05) is 11.9 Å². The van der Waals surface area contributed by atoms with Gasteiger partial charge in [-0.05, 0) is 11.6 Å². The van der Waals surface area contributed by atoms with Gasteiger partial charge in [0, 0.05) is 18.2 Å². The molecule has 0 fully saturated rings. The second-order valence-electron chi connectivity index (χ2n) is 5.14. The zero-order chi connectivity index (χ0) is 13.7. The number of hydrogen-bond donors (Lipinski definition) is 1. The molecule has 1 heterocycles. The molecule has 0 saturated heterocycles. The minimum atomic E-state index is -0.0101. The average Bonchev–Trinajstić information content (AvgIpc) is 2.46. The number of rotatable bonds is 4. The third-order valence-electron chi connectivity index (χ3n) is 3.22. The molecule has 19 heavy (non-hydrogen) atoms. The van der Waals surface area contributed by atoms with Crippen LogP contribution >= 0.6 is 0 Å². The van der Waals surface area contributed by atoms with Gasteiger partial charge in [-0.25, -0.2) is 0 Å². The summed E-state index contributed by atoms with van der Waals surface area (Å²) in [5.74, 6) is 0. The van der Waals surface area contributed by atoms with E-state index in [-0.39, 0.29) is 5.41 Å². The maximum absolute atomic E-state index is 9.05. The molecule has 0 saturated carbocycles. The van der Waals surface area contributed by atoms with Crippen LogP contribution in [0.5, 0.6) is 0 Å². The van der Waals surface area contributed by atoms with Crippen molar-refractivity contribution >= 4 is 5.69 Å². The molecule has 0 radical (unpaired) electrons. The zero-order valence-electron chi connectivity index (χ0n) is 11.2. The first kappa shape index (κ1) is 13.1. The lowest BCUT2D eigenvalue weighted by Crippen LogP contribution is -2.27. The minimum absolute atomic E-state index is 0.0101. The van der Waals surface area contributed by atoms with Crippen molar-refractivity contribution in [1.29, 1.82) is 5.26 Å². The molecule has 96 valence electrons. The minimum Gasteiger partial charge on any atom is -0.382 e. The lowest BCUT2D eigenvalue weighted by molar-refractivity contribution is 0.557. The standard InChI is InChI=1S/C16H17N3/c1-16(2,14-6-4-3-5-7-14)12-19-15-11-18-9-8-13(15)10-17/h3-9,11,19H,12H2,1-2H3. The second-order valence-corrected chi connectivity index (χ2v) is 5.14. The number of anilines is 1. The number of aromatic nitrogens is 1. The second kappa shape index (κ2) is 5.53. The van der Waals surface area contributed by atoms with E-state index in [1.54, 1.807) is 18.5 Å². The summed E-state index contributed by atoms with van der Waals surface area (Å²) in [7, 11) is 0. The summed E-state index contributed by atoms with van der Waals surface area (Å²) >= 11 is 0. The maximum Gasteiger partial charge on any atom is 0.101 e. The van der Waals surface area contributed by atoms with Gasteiger partial charge in [0.2, 0.25) is 0 Å². The molecule has 0 aliphatic heterocycles. The van der Waals surface area contributed by atoms with Gasteiger partial charge in [0.15, 0.2) is 0 Å². The van der Waals surface area contributed by atoms with Crippen molar-refractivity contribution < 1.29 is 0 Å². The fourth-order valence-corrected chi connectivity index (χ4v) is 1.94. The van der Waals surface area contributed by atoms with Crippen molar-refractivity contribution in [3.8, 4) is 6.07 Å². The van der Waals surface area contributed by atoms with E-state index in [1.165, 1.54) is 5.56 Å². The molecule has 0 aliphatic rings. The Morgan fingerprint density at radius 2 is 1.95 bits per heavy atom. The molecule has 0 unspecified atom stereocenters. The van der Waals surface area contributed by atoms with Crippen LogP contribution < -0.4 is 5.32 Å². The molecule has 1 aromatic heterocycles. The molecule has 0 amide bonds. The normalized spacial score (nSPS) is 10.8. The van der Waals surface area contributed by atoms with Crippen molar-refractivity contribution in [3.63, 3.8) is 0 Å². The highest BCUT2D eigenvalue weighted by Crippen LogP contribution is 2.24. The van der Waals surface area contributed by atoms with Crippen LogP contribution in [-0.4, -0.2) is 11.5 Å². The third-order valence-corrected chi connectivity index (χ3v) is 3.22. The van der Waals surface area contributed by atoms with Crippen LogP contribution in [-0.2, 0) is 5.41 Å². The van der Waals surface area contributed by atoms with Crippen LogP contribution in [0.25, 0.3) is 0 Å². The fourth-order valence-electron chi connectivity index (χ4n) is 1.94. The van der Waals surface area contributed by atoms with Crippen LogP contribution in [0.3, 0.4) is 0 Å². The van der Waals surface area contributed by atoms with Gasteiger partial charge in [0.1, 0.15) is 6.07 Å². The van der Waals surface area contributed by atoms with Gasteiger partial charge in [-0.3, -0.25) is 4.98 Å². The summed E-state index contributed by atoms with van der Waals surface area (Å²) in [5.41, 5.74) is 2.67. The predicted molar refractivity (Wildman–Crippen MR) is 76.9 cm³/mol. The number of benzene rings is 1. The first-order chi connectivity index (χ1) is 9.13. The summed E-state index contributed by atoms with van der Waals surface area (Å²) in [4.78, 5) is 4.05. The van der Waals surface area contributed by atoms with Crippen LogP contribution in [0, 0.1) is 11.3 Å². The first-order valence-corrected chi connectivity index (χ1v) is 6.27. The van der Waals surface area contributed by atoms with Gasteiger partial charge >= 0.3 is 0 Å². The van der Waals surface area contributed by atoms with Crippen molar-refractivity contribution in [2.24, 2.45) is 0 Å². The Morgan fingerprint density at radius 3 is 2.63 bits per heavy atom. The molecule has 1 aromatic carbocycles. The van der Waals surface area contributed by atoms with E-state index in [1.807, 2.05) is 18.2 Å².